The highest BCUT2D eigenvalue weighted by Crippen LogP contribution is 2.25. The second-order valence-electron chi connectivity index (χ2n) is 3.09. The Labute approximate surface area is 91.3 Å². The Bertz CT molecular complexity index is 552. The molecule has 0 saturated heterocycles. The second-order valence-corrected chi connectivity index (χ2v) is 4.59. The molecule has 1 atom stereocenters. The van der Waals surface area contributed by atoms with Gasteiger partial charge in [-0.25, -0.2) is 5.10 Å². The number of H-pyrrole nitrogens is 1. The number of hydrogen-bond acceptors (Lipinski definition) is 5. The van der Waals surface area contributed by atoms with Crippen molar-refractivity contribution in [2.45, 2.75) is 5.25 Å². The molecule has 1 aromatic heterocycles. The van der Waals surface area contributed by atoms with E-state index in [1.54, 1.807) is 30.3 Å². The van der Waals surface area contributed by atoms with Crippen molar-refractivity contribution in [3.63, 3.8) is 0 Å². The Kier molecular flexibility index (Phi) is 2.67. The first kappa shape index (κ1) is 10.7. The number of aromatic amines is 1. The maximum atomic E-state index is 11.3. The third-order valence-corrected chi connectivity index (χ3v) is 3.10. The molecule has 0 amide bonds. The molecule has 0 saturated carbocycles. The van der Waals surface area contributed by atoms with Crippen LogP contribution in [0.4, 0.5) is 0 Å². The van der Waals surface area contributed by atoms with Gasteiger partial charge >= 0.3 is 0 Å². The summed E-state index contributed by atoms with van der Waals surface area (Å²) >= 11 is 0. The van der Waals surface area contributed by atoms with Gasteiger partial charge in [0.2, 0.25) is 0 Å². The zero-order valence-corrected chi connectivity index (χ0v) is 8.79. The van der Waals surface area contributed by atoms with Crippen LogP contribution in [0, 0.1) is 0 Å². The normalized spacial score (nSPS) is 13.6. The Morgan fingerprint density at radius 3 is 2.44 bits per heavy atom. The topological polar surface area (TPSA) is 109 Å². The maximum absolute atomic E-state index is 11.3. The van der Waals surface area contributed by atoms with Crippen LogP contribution in [0.15, 0.2) is 30.3 Å². The molecule has 84 valence electrons. The first-order valence-corrected chi connectivity index (χ1v) is 5.84. The lowest BCUT2D eigenvalue weighted by atomic mass is 10.1. The van der Waals surface area contributed by atoms with E-state index in [-0.39, 0.29) is 5.82 Å². The summed E-state index contributed by atoms with van der Waals surface area (Å²) in [6, 6.07) is 8.21. The van der Waals surface area contributed by atoms with E-state index in [1.165, 1.54) is 0 Å². The lowest BCUT2D eigenvalue weighted by molar-refractivity contribution is 0.473. The van der Waals surface area contributed by atoms with Crippen molar-refractivity contribution < 1.29 is 13.0 Å². The van der Waals surface area contributed by atoms with Gasteiger partial charge in [0.15, 0.2) is 11.1 Å². The monoisotopic (exact) mass is 240 g/mol. The van der Waals surface area contributed by atoms with E-state index < -0.39 is 15.4 Å². The Balaban J connectivity index is 2.54. The summed E-state index contributed by atoms with van der Waals surface area (Å²) < 4.78 is 31.7. The van der Waals surface area contributed by atoms with Gasteiger partial charge in [-0.15, -0.1) is 5.10 Å². The minimum absolute atomic E-state index is 0.0197. The molecular formula is C8H8N4O3S. The lowest BCUT2D eigenvalue weighted by Gasteiger charge is -2.09. The Hall–Kier alpha value is -1.80. The highest BCUT2D eigenvalue weighted by Gasteiger charge is 2.30. The predicted octanol–water partition coefficient (Wildman–Crippen LogP) is 0.177. The fraction of sp³-hybridized carbons (Fsp3) is 0.125. The molecule has 0 fully saturated rings. The second kappa shape index (κ2) is 3.99. The Morgan fingerprint density at radius 2 is 1.94 bits per heavy atom. The largest absolute Gasteiger partial charge is 0.285 e. The molecule has 0 aliphatic carbocycles. The van der Waals surface area contributed by atoms with Crippen molar-refractivity contribution in [2.75, 3.05) is 0 Å². The third-order valence-electron chi connectivity index (χ3n) is 2.01. The van der Waals surface area contributed by atoms with E-state index in [9.17, 15) is 8.42 Å². The number of tetrazole rings is 1. The molecule has 8 heteroatoms. The molecule has 0 bridgehead atoms. The maximum Gasteiger partial charge on any atom is 0.279 e. The fourth-order valence-corrected chi connectivity index (χ4v) is 2.26. The third kappa shape index (κ3) is 2.07. The molecule has 7 nitrogen and oxygen atoms in total. The summed E-state index contributed by atoms with van der Waals surface area (Å²) in [4.78, 5) is 0. The van der Waals surface area contributed by atoms with Gasteiger partial charge in [0.25, 0.3) is 10.1 Å². The molecule has 2 aromatic rings. The lowest BCUT2D eigenvalue weighted by Crippen LogP contribution is -2.15. The molecule has 1 heterocycles. The number of benzene rings is 1. The van der Waals surface area contributed by atoms with Crippen LogP contribution in [0.5, 0.6) is 0 Å². The summed E-state index contributed by atoms with van der Waals surface area (Å²) in [7, 11) is -4.31. The summed E-state index contributed by atoms with van der Waals surface area (Å²) in [5.74, 6) is -0.0197. The van der Waals surface area contributed by atoms with Crippen molar-refractivity contribution in [1.29, 1.82) is 0 Å². The summed E-state index contributed by atoms with van der Waals surface area (Å²) in [6.45, 7) is 0. The first-order chi connectivity index (χ1) is 7.59. The van der Waals surface area contributed by atoms with Gasteiger partial charge in [0.05, 0.1) is 0 Å². The molecule has 16 heavy (non-hydrogen) atoms. The van der Waals surface area contributed by atoms with E-state index in [0.717, 1.165) is 0 Å². The van der Waals surface area contributed by atoms with Gasteiger partial charge < -0.3 is 0 Å². The summed E-state index contributed by atoms with van der Waals surface area (Å²) in [5, 5.41) is 11.1. The van der Waals surface area contributed by atoms with Crippen molar-refractivity contribution in [3.8, 4) is 0 Å². The highest BCUT2D eigenvalue weighted by atomic mass is 32.2. The minimum Gasteiger partial charge on any atom is -0.285 e. The van der Waals surface area contributed by atoms with Crippen LogP contribution in [-0.2, 0) is 10.1 Å². The van der Waals surface area contributed by atoms with E-state index in [4.69, 9.17) is 4.55 Å². The highest BCUT2D eigenvalue weighted by molar-refractivity contribution is 7.86. The van der Waals surface area contributed by atoms with E-state index in [0.29, 0.717) is 5.56 Å². The van der Waals surface area contributed by atoms with Crippen LogP contribution in [0.1, 0.15) is 16.6 Å². The average Bonchev–Trinajstić information content (AvgIpc) is 2.71. The van der Waals surface area contributed by atoms with Crippen molar-refractivity contribution >= 4 is 10.1 Å². The molecule has 1 unspecified atom stereocenters. The number of aromatic nitrogens is 4. The van der Waals surface area contributed by atoms with Crippen LogP contribution in [0.25, 0.3) is 0 Å². The Morgan fingerprint density at radius 1 is 1.25 bits per heavy atom. The zero-order chi connectivity index (χ0) is 11.6. The van der Waals surface area contributed by atoms with E-state index >= 15 is 0 Å². The van der Waals surface area contributed by atoms with E-state index in [2.05, 4.69) is 20.6 Å². The molecule has 0 spiro atoms. The average molecular weight is 240 g/mol. The van der Waals surface area contributed by atoms with Gasteiger partial charge in [0.1, 0.15) is 0 Å². The van der Waals surface area contributed by atoms with Crippen molar-refractivity contribution in [2.24, 2.45) is 0 Å². The van der Waals surface area contributed by atoms with Gasteiger partial charge in [0, 0.05) is 0 Å². The van der Waals surface area contributed by atoms with Gasteiger partial charge in [-0.3, -0.25) is 4.55 Å². The number of nitrogens with zero attached hydrogens (tertiary/aromatic N) is 3. The minimum atomic E-state index is -4.31. The molecule has 0 aliphatic heterocycles. The first-order valence-electron chi connectivity index (χ1n) is 4.34. The summed E-state index contributed by atoms with van der Waals surface area (Å²) in [6.07, 6.45) is 0. The van der Waals surface area contributed by atoms with Gasteiger partial charge in [-0.2, -0.15) is 8.42 Å². The van der Waals surface area contributed by atoms with Crippen LogP contribution < -0.4 is 0 Å². The van der Waals surface area contributed by atoms with Crippen LogP contribution in [-0.4, -0.2) is 33.6 Å². The standard InChI is InChI=1S/C8H8N4O3S/c13-16(14,15)7(8-9-11-12-10-8)6-4-2-1-3-5-6/h1-5,7H,(H,13,14,15)(H,9,10,11,12). The quantitative estimate of drug-likeness (QED) is 0.740. The SMILES string of the molecule is O=S(=O)(O)C(c1ccccc1)c1nnn[nH]1. The van der Waals surface area contributed by atoms with Crippen molar-refractivity contribution in [3.05, 3.63) is 41.7 Å². The molecule has 2 N–H and O–H groups in total. The number of rotatable bonds is 3. The van der Waals surface area contributed by atoms with Gasteiger partial charge in [-0.05, 0) is 16.0 Å². The predicted molar refractivity (Wildman–Crippen MR) is 54.0 cm³/mol. The van der Waals surface area contributed by atoms with Crippen LogP contribution in [0.3, 0.4) is 0 Å². The number of nitrogens with one attached hydrogen (secondary N) is 1. The molecular weight excluding hydrogens is 232 g/mol. The van der Waals surface area contributed by atoms with Gasteiger partial charge in [-0.1, -0.05) is 30.3 Å². The molecule has 1 aromatic carbocycles. The van der Waals surface area contributed by atoms with E-state index in [1.807, 2.05) is 0 Å². The fourth-order valence-electron chi connectivity index (χ4n) is 1.38. The van der Waals surface area contributed by atoms with Crippen LogP contribution >= 0.6 is 0 Å². The molecule has 0 radical (unpaired) electrons. The number of hydrogen-bond donors (Lipinski definition) is 2. The zero-order valence-electron chi connectivity index (χ0n) is 7.98. The van der Waals surface area contributed by atoms with Crippen LogP contribution in [0.2, 0.25) is 0 Å². The molecule has 2 rings (SSSR count). The summed E-state index contributed by atoms with van der Waals surface area (Å²) in [5.41, 5.74) is 0.392. The smallest absolute Gasteiger partial charge is 0.279 e. The van der Waals surface area contributed by atoms with Crippen molar-refractivity contribution in [1.82, 2.24) is 20.6 Å². The molecule has 0 aliphatic rings.